The lowest BCUT2D eigenvalue weighted by molar-refractivity contribution is -0.227. The molecule has 0 aliphatic carbocycles. The molecule has 0 saturated heterocycles. The van der Waals surface area contributed by atoms with Crippen molar-refractivity contribution in [1.29, 1.82) is 5.26 Å². The predicted molar refractivity (Wildman–Crippen MR) is 53.8 cm³/mol. The molecule has 0 heterocycles. The first-order valence-electron chi connectivity index (χ1n) is 4.27. The van der Waals surface area contributed by atoms with Crippen LogP contribution < -0.4 is 0 Å². The van der Waals surface area contributed by atoms with E-state index in [-0.39, 0.29) is 0 Å². The van der Waals surface area contributed by atoms with E-state index in [1.807, 2.05) is 0 Å². The molecule has 16 heavy (non-hydrogen) atoms. The number of hydrogen-bond donors (Lipinski definition) is 1. The fraction of sp³-hybridized carbons (Fsp3) is 0.300. The average molecular weight is 247 g/mol. The van der Waals surface area contributed by atoms with E-state index >= 15 is 0 Å². The molecule has 0 radical (unpaired) electrons. The van der Waals surface area contributed by atoms with E-state index in [0.29, 0.717) is 4.90 Å². The van der Waals surface area contributed by atoms with Crippen LogP contribution in [0.2, 0.25) is 0 Å². The largest absolute Gasteiger partial charge is 0.431 e. The number of hydrogen-bond acceptors (Lipinski definition) is 3. The Balaban J connectivity index is 2.71. The molecule has 0 amide bonds. The van der Waals surface area contributed by atoms with Gasteiger partial charge in [-0.1, -0.05) is 18.2 Å². The molecule has 0 fully saturated rings. The highest BCUT2D eigenvalue weighted by Crippen LogP contribution is 2.34. The van der Waals surface area contributed by atoms with Gasteiger partial charge in [0.15, 0.2) is 0 Å². The van der Waals surface area contributed by atoms with E-state index < -0.39 is 17.5 Å². The van der Waals surface area contributed by atoms with Crippen LogP contribution in [0.25, 0.3) is 0 Å². The van der Waals surface area contributed by atoms with Crippen LogP contribution >= 0.6 is 11.8 Å². The molecule has 0 saturated carbocycles. The average Bonchev–Trinajstić information content (AvgIpc) is 2.26. The summed E-state index contributed by atoms with van der Waals surface area (Å²) in [7, 11) is 0. The molecular weight excluding hydrogens is 239 g/mol. The normalized spacial score (nSPS) is 15.2. The molecule has 0 aliphatic heterocycles. The van der Waals surface area contributed by atoms with Crippen LogP contribution in [-0.4, -0.2) is 22.6 Å². The first kappa shape index (κ1) is 12.9. The zero-order valence-electron chi connectivity index (χ0n) is 8.03. The number of thioether (sulfide) groups is 1. The van der Waals surface area contributed by atoms with Crippen LogP contribution in [0.5, 0.6) is 0 Å². The predicted octanol–water partition coefficient (Wildman–Crippen LogP) is 2.60. The smallest absolute Gasteiger partial charge is 0.368 e. The summed E-state index contributed by atoms with van der Waals surface area (Å²) in [6.45, 7) is 0. The van der Waals surface area contributed by atoms with Gasteiger partial charge in [-0.2, -0.15) is 18.4 Å². The zero-order valence-corrected chi connectivity index (χ0v) is 8.85. The van der Waals surface area contributed by atoms with E-state index in [1.54, 1.807) is 30.3 Å². The fourth-order valence-corrected chi connectivity index (χ4v) is 1.84. The molecular formula is C10H8F3NOS. The van der Waals surface area contributed by atoms with Gasteiger partial charge in [0.05, 0.1) is 0 Å². The Morgan fingerprint density at radius 3 is 2.25 bits per heavy atom. The van der Waals surface area contributed by atoms with Gasteiger partial charge in [-0.05, 0) is 12.1 Å². The minimum Gasteiger partial charge on any atom is -0.368 e. The van der Waals surface area contributed by atoms with Gasteiger partial charge in [0.2, 0.25) is 0 Å². The Bertz CT molecular complexity index is 387. The van der Waals surface area contributed by atoms with Crippen molar-refractivity contribution in [1.82, 2.24) is 0 Å². The van der Waals surface area contributed by atoms with Gasteiger partial charge >= 0.3 is 6.18 Å². The molecule has 0 aliphatic rings. The van der Waals surface area contributed by atoms with Gasteiger partial charge < -0.3 is 5.11 Å². The van der Waals surface area contributed by atoms with Crippen LogP contribution in [0.1, 0.15) is 0 Å². The molecule has 0 spiro atoms. The number of nitriles is 1. The molecule has 1 aromatic rings. The Labute approximate surface area is 94.7 Å². The van der Waals surface area contributed by atoms with Gasteiger partial charge in [0, 0.05) is 10.6 Å². The number of rotatable bonds is 3. The molecule has 6 heteroatoms. The van der Waals surface area contributed by atoms with Crippen molar-refractivity contribution in [2.24, 2.45) is 0 Å². The number of halogens is 3. The second-order valence-electron chi connectivity index (χ2n) is 3.07. The van der Waals surface area contributed by atoms with E-state index in [4.69, 9.17) is 10.4 Å². The quantitative estimate of drug-likeness (QED) is 0.659. The van der Waals surface area contributed by atoms with Gasteiger partial charge in [0.25, 0.3) is 5.60 Å². The highest BCUT2D eigenvalue weighted by atomic mass is 32.2. The van der Waals surface area contributed by atoms with Crippen molar-refractivity contribution in [3.05, 3.63) is 30.3 Å². The van der Waals surface area contributed by atoms with E-state index in [0.717, 1.165) is 17.8 Å². The third-order valence-corrected chi connectivity index (χ3v) is 3.01. The maximum Gasteiger partial charge on any atom is 0.431 e. The molecule has 1 unspecified atom stereocenters. The first-order valence-corrected chi connectivity index (χ1v) is 5.26. The Morgan fingerprint density at radius 1 is 1.25 bits per heavy atom. The molecule has 1 N–H and O–H groups in total. The molecule has 1 aromatic carbocycles. The van der Waals surface area contributed by atoms with Crippen LogP contribution in [-0.2, 0) is 0 Å². The third-order valence-electron chi connectivity index (χ3n) is 1.84. The summed E-state index contributed by atoms with van der Waals surface area (Å²) in [4.78, 5) is 0.570. The van der Waals surface area contributed by atoms with Gasteiger partial charge in [0.1, 0.15) is 6.07 Å². The highest BCUT2D eigenvalue weighted by Gasteiger charge is 2.54. The zero-order chi connectivity index (χ0) is 12.2. The lowest BCUT2D eigenvalue weighted by Gasteiger charge is -2.22. The second-order valence-corrected chi connectivity index (χ2v) is 4.12. The van der Waals surface area contributed by atoms with Crippen molar-refractivity contribution in [2.75, 3.05) is 5.75 Å². The van der Waals surface area contributed by atoms with E-state index in [1.165, 1.54) is 0 Å². The molecule has 86 valence electrons. The van der Waals surface area contributed by atoms with Crippen LogP contribution in [0, 0.1) is 11.3 Å². The van der Waals surface area contributed by atoms with Crippen molar-refractivity contribution in [2.45, 2.75) is 16.7 Å². The van der Waals surface area contributed by atoms with Gasteiger partial charge in [-0.25, -0.2) is 0 Å². The summed E-state index contributed by atoms with van der Waals surface area (Å²) in [5.41, 5.74) is -3.30. The standard InChI is InChI=1S/C10H8F3NOS/c11-10(12,13)9(15,6-14)7-16-8-4-2-1-3-5-8/h1-5,15H,7H2. The minimum atomic E-state index is -4.94. The third kappa shape index (κ3) is 2.90. The number of nitrogens with zero attached hydrogens (tertiary/aromatic N) is 1. The molecule has 0 aromatic heterocycles. The number of alkyl halides is 3. The fourth-order valence-electron chi connectivity index (χ4n) is 0.882. The van der Waals surface area contributed by atoms with Crippen molar-refractivity contribution < 1.29 is 18.3 Å². The maximum absolute atomic E-state index is 12.3. The van der Waals surface area contributed by atoms with Crippen molar-refractivity contribution in [3.8, 4) is 6.07 Å². The Hall–Kier alpha value is -1.19. The SMILES string of the molecule is N#CC(O)(CSc1ccccc1)C(F)(F)F. The van der Waals surface area contributed by atoms with Crippen molar-refractivity contribution in [3.63, 3.8) is 0 Å². The first-order chi connectivity index (χ1) is 7.39. The molecule has 1 rings (SSSR count). The minimum absolute atomic E-state index is 0.570. The van der Waals surface area contributed by atoms with E-state index in [9.17, 15) is 13.2 Å². The summed E-state index contributed by atoms with van der Waals surface area (Å²) in [6, 6.07) is 9.18. The molecule has 0 bridgehead atoms. The maximum atomic E-state index is 12.3. The summed E-state index contributed by atoms with van der Waals surface area (Å²) >= 11 is 0.786. The van der Waals surface area contributed by atoms with Crippen molar-refractivity contribution >= 4 is 11.8 Å². The number of benzene rings is 1. The summed E-state index contributed by atoms with van der Waals surface area (Å²) in [5, 5.41) is 17.5. The molecule has 1 atom stereocenters. The second kappa shape index (κ2) is 4.76. The van der Waals surface area contributed by atoms with E-state index in [2.05, 4.69) is 0 Å². The van der Waals surface area contributed by atoms with Gasteiger partial charge in [-0.3, -0.25) is 0 Å². The van der Waals surface area contributed by atoms with Crippen LogP contribution in [0.15, 0.2) is 35.2 Å². The number of aliphatic hydroxyl groups is 1. The summed E-state index contributed by atoms with van der Waals surface area (Å²) in [5.74, 6) is -0.739. The van der Waals surface area contributed by atoms with Crippen LogP contribution in [0.4, 0.5) is 13.2 Å². The van der Waals surface area contributed by atoms with Gasteiger partial charge in [-0.15, -0.1) is 11.8 Å². The topological polar surface area (TPSA) is 44.0 Å². The Morgan fingerprint density at radius 2 is 1.81 bits per heavy atom. The summed E-state index contributed by atoms with van der Waals surface area (Å²) in [6.07, 6.45) is -4.94. The molecule has 2 nitrogen and oxygen atoms in total. The van der Waals surface area contributed by atoms with Crippen LogP contribution in [0.3, 0.4) is 0 Å². The Kier molecular flexibility index (Phi) is 3.83. The lowest BCUT2D eigenvalue weighted by Crippen LogP contribution is -2.46. The highest BCUT2D eigenvalue weighted by molar-refractivity contribution is 7.99. The lowest BCUT2D eigenvalue weighted by atomic mass is 10.1. The monoisotopic (exact) mass is 247 g/mol. The summed E-state index contributed by atoms with van der Waals surface area (Å²) < 4.78 is 37.0.